The van der Waals surface area contributed by atoms with Gasteiger partial charge in [-0.25, -0.2) is 0 Å². The van der Waals surface area contributed by atoms with Crippen molar-refractivity contribution >= 4 is 11.9 Å². The summed E-state index contributed by atoms with van der Waals surface area (Å²) in [6, 6.07) is 0. The van der Waals surface area contributed by atoms with E-state index in [1.54, 1.807) is 20.8 Å². The maximum absolute atomic E-state index is 11.9. The molecular weight excluding hydrogens is 248 g/mol. The highest BCUT2D eigenvalue weighted by molar-refractivity contribution is 5.99. The lowest BCUT2D eigenvalue weighted by molar-refractivity contribution is -0.172. The second kappa shape index (κ2) is 9.78. The highest BCUT2D eigenvalue weighted by Crippen LogP contribution is 2.25. The van der Waals surface area contributed by atoms with E-state index in [0.717, 1.165) is 12.8 Å². The van der Waals surface area contributed by atoms with Gasteiger partial charge in [0.2, 0.25) is 0 Å². The van der Waals surface area contributed by atoms with Crippen molar-refractivity contribution in [1.29, 1.82) is 0 Å². The van der Waals surface area contributed by atoms with E-state index in [0.29, 0.717) is 13.2 Å². The van der Waals surface area contributed by atoms with Gasteiger partial charge < -0.3 is 14.2 Å². The molecule has 0 bridgehead atoms. The molecule has 0 saturated carbocycles. The molecule has 5 nitrogen and oxygen atoms in total. The van der Waals surface area contributed by atoms with Gasteiger partial charge in [0.25, 0.3) is 0 Å². The second-order valence-corrected chi connectivity index (χ2v) is 4.49. The van der Waals surface area contributed by atoms with Crippen molar-refractivity contribution in [2.45, 2.75) is 47.0 Å². The van der Waals surface area contributed by atoms with Crippen LogP contribution >= 0.6 is 0 Å². The Morgan fingerprint density at radius 3 is 1.89 bits per heavy atom. The minimum Gasteiger partial charge on any atom is -0.465 e. The third-order valence-electron chi connectivity index (χ3n) is 2.84. The smallest absolute Gasteiger partial charge is 0.323 e. The van der Waals surface area contributed by atoms with E-state index < -0.39 is 17.4 Å². The predicted molar refractivity (Wildman–Crippen MR) is 71.7 cm³/mol. The van der Waals surface area contributed by atoms with Crippen molar-refractivity contribution in [1.82, 2.24) is 0 Å². The number of carbonyl (C=O) groups is 2. The molecule has 0 rings (SSSR count). The molecule has 0 heterocycles. The molecular formula is C14H26O5. The van der Waals surface area contributed by atoms with Gasteiger partial charge in [-0.1, -0.05) is 13.3 Å². The van der Waals surface area contributed by atoms with Gasteiger partial charge in [-0.2, -0.15) is 0 Å². The number of carbonyl (C=O) groups excluding carboxylic acids is 2. The lowest BCUT2D eigenvalue weighted by Crippen LogP contribution is -2.40. The molecule has 0 spiro atoms. The van der Waals surface area contributed by atoms with E-state index in [1.807, 2.05) is 0 Å². The minimum atomic E-state index is -1.28. The summed E-state index contributed by atoms with van der Waals surface area (Å²) in [6.45, 7) is 8.50. The van der Waals surface area contributed by atoms with E-state index in [-0.39, 0.29) is 19.6 Å². The maximum atomic E-state index is 11.9. The molecule has 0 aromatic heterocycles. The number of hydrogen-bond donors (Lipinski definition) is 0. The summed E-state index contributed by atoms with van der Waals surface area (Å²) in [5.41, 5.74) is -1.28. The Morgan fingerprint density at radius 2 is 1.47 bits per heavy atom. The lowest BCUT2D eigenvalue weighted by Gasteiger charge is -2.24. The molecule has 19 heavy (non-hydrogen) atoms. The quantitative estimate of drug-likeness (QED) is 0.347. The Hall–Kier alpha value is -1.10. The van der Waals surface area contributed by atoms with Gasteiger partial charge in [0.05, 0.1) is 13.2 Å². The molecule has 0 fully saturated rings. The van der Waals surface area contributed by atoms with Crippen LogP contribution in [0.4, 0.5) is 0 Å². The summed E-state index contributed by atoms with van der Waals surface area (Å²) >= 11 is 0. The molecule has 0 aromatic rings. The largest absolute Gasteiger partial charge is 0.465 e. The van der Waals surface area contributed by atoms with Crippen LogP contribution in [-0.4, -0.2) is 38.4 Å². The van der Waals surface area contributed by atoms with Gasteiger partial charge in [-0.15, -0.1) is 0 Å². The monoisotopic (exact) mass is 274 g/mol. The number of hydrogen-bond acceptors (Lipinski definition) is 5. The molecule has 0 amide bonds. The van der Waals surface area contributed by atoms with Gasteiger partial charge in [-0.05, 0) is 33.6 Å². The topological polar surface area (TPSA) is 61.8 Å². The van der Waals surface area contributed by atoms with Crippen LogP contribution in [0.15, 0.2) is 0 Å². The SMILES string of the molecule is CCCCOCCC(C)(C(=O)OCC)C(=O)OCC. The molecule has 0 aliphatic heterocycles. The molecule has 0 unspecified atom stereocenters. The number of ether oxygens (including phenoxy) is 3. The van der Waals surface area contributed by atoms with Crippen LogP contribution in [0.5, 0.6) is 0 Å². The van der Waals surface area contributed by atoms with Crippen LogP contribution in [0.2, 0.25) is 0 Å². The molecule has 0 atom stereocenters. The Labute approximate surface area is 115 Å². The highest BCUT2D eigenvalue weighted by atomic mass is 16.6. The third kappa shape index (κ3) is 6.05. The minimum absolute atomic E-state index is 0.241. The van der Waals surface area contributed by atoms with Crippen molar-refractivity contribution in [3.63, 3.8) is 0 Å². The van der Waals surface area contributed by atoms with Gasteiger partial charge in [0.1, 0.15) is 0 Å². The number of rotatable bonds is 10. The second-order valence-electron chi connectivity index (χ2n) is 4.49. The van der Waals surface area contributed by atoms with Crippen LogP contribution in [0, 0.1) is 5.41 Å². The number of esters is 2. The van der Waals surface area contributed by atoms with Crippen molar-refractivity contribution in [2.24, 2.45) is 5.41 Å². The average molecular weight is 274 g/mol. The Morgan fingerprint density at radius 1 is 0.947 bits per heavy atom. The molecule has 0 saturated heterocycles. The fraction of sp³-hybridized carbons (Fsp3) is 0.857. The Kier molecular flexibility index (Phi) is 9.21. The van der Waals surface area contributed by atoms with E-state index in [9.17, 15) is 9.59 Å². The van der Waals surface area contributed by atoms with Crippen LogP contribution in [-0.2, 0) is 23.8 Å². The molecule has 5 heteroatoms. The first-order chi connectivity index (χ1) is 9.02. The van der Waals surface area contributed by atoms with Crippen LogP contribution in [0.1, 0.15) is 47.0 Å². The fourth-order valence-corrected chi connectivity index (χ4v) is 1.49. The zero-order valence-electron chi connectivity index (χ0n) is 12.5. The third-order valence-corrected chi connectivity index (χ3v) is 2.84. The molecule has 0 N–H and O–H groups in total. The highest BCUT2D eigenvalue weighted by Gasteiger charge is 2.43. The zero-order chi connectivity index (χ0) is 14.7. The van der Waals surface area contributed by atoms with Gasteiger partial charge >= 0.3 is 11.9 Å². The van der Waals surface area contributed by atoms with Gasteiger partial charge in [-0.3, -0.25) is 9.59 Å². The van der Waals surface area contributed by atoms with E-state index in [4.69, 9.17) is 14.2 Å². The summed E-state index contributed by atoms with van der Waals surface area (Å²) in [6.07, 6.45) is 2.29. The normalized spacial score (nSPS) is 11.2. The maximum Gasteiger partial charge on any atom is 0.323 e. The van der Waals surface area contributed by atoms with Crippen molar-refractivity contribution in [3.8, 4) is 0 Å². The summed E-state index contributed by atoms with van der Waals surface area (Å²) in [5, 5.41) is 0. The molecule has 0 radical (unpaired) electrons. The van der Waals surface area contributed by atoms with Crippen molar-refractivity contribution in [2.75, 3.05) is 26.4 Å². The molecule has 0 aromatic carbocycles. The van der Waals surface area contributed by atoms with Crippen molar-refractivity contribution in [3.05, 3.63) is 0 Å². The van der Waals surface area contributed by atoms with Gasteiger partial charge in [0.15, 0.2) is 5.41 Å². The first-order valence-electron chi connectivity index (χ1n) is 6.95. The molecule has 0 aliphatic rings. The van der Waals surface area contributed by atoms with E-state index >= 15 is 0 Å². The Bertz CT molecular complexity index is 257. The summed E-state index contributed by atoms with van der Waals surface area (Å²) < 4.78 is 15.3. The van der Waals surface area contributed by atoms with E-state index in [1.165, 1.54) is 0 Å². The first-order valence-corrected chi connectivity index (χ1v) is 6.95. The number of unbranched alkanes of at least 4 members (excludes halogenated alkanes) is 1. The van der Waals surface area contributed by atoms with Gasteiger partial charge in [0, 0.05) is 13.2 Å². The first kappa shape index (κ1) is 17.9. The summed E-state index contributed by atoms with van der Waals surface area (Å²) in [7, 11) is 0. The lowest BCUT2D eigenvalue weighted by atomic mass is 9.87. The van der Waals surface area contributed by atoms with Crippen LogP contribution in [0.3, 0.4) is 0 Å². The van der Waals surface area contributed by atoms with E-state index in [2.05, 4.69) is 6.92 Å². The zero-order valence-corrected chi connectivity index (χ0v) is 12.5. The summed E-state index contributed by atoms with van der Waals surface area (Å²) in [5.74, 6) is -1.10. The average Bonchev–Trinajstić information content (AvgIpc) is 2.38. The van der Waals surface area contributed by atoms with Crippen LogP contribution in [0.25, 0.3) is 0 Å². The fourth-order valence-electron chi connectivity index (χ4n) is 1.49. The predicted octanol–water partition coefficient (Wildman–Crippen LogP) is 2.33. The summed E-state index contributed by atoms with van der Waals surface area (Å²) in [4.78, 5) is 23.8. The molecule has 112 valence electrons. The standard InChI is InChI=1S/C14H26O5/c1-5-8-10-17-11-9-14(4,12(15)18-6-2)13(16)19-7-3/h5-11H2,1-4H3. The van der Waals surface area contributed by atoms with Crippen molar-refractivity contribution < 1.29 is 23.8 Å². The molecule has 0 aliphatic carbocycles. The Balaban J connectivity index is 4.49. The van der Waals surface area contributed by atoms with Crippen LogP contribution < -0.4 is 0 Å².